The van der Waals surface area contributed by atoms with E-state index in [0.717, 1.165) is 5.52 Å². The Morgan fingerprint density at radius 1 is 1.21 bits per heavy atom. The van der Waals surface area contributed by atoms with E-state index in [4.69, 9.17) is 15.3 Å². The van der Waals surface area contributed by atoms with Crippen LogP contribution in [0.2, 0.25) is 0 Å². The lowest BCUT2D eigenvalue weighted by atomic mass is 10.2. The Kier molecular flexibility index (Phi) is 8.50. The Balaban J connectivity index is 2.17. The summed E-state index contributed by atoms with van der Waals surface area (Å²) in [4.78, 5) is 30.6. The van der Waals surface area contributed by atoms with Crippen LogP contribution in [0.1, 0.15) is 37.0 Å². The van der Waals surface area contributed by atoms with E-state index in [1.54, 1.807) is 19.1 Å². The molecule has 0 atom stereocenters. The number of aromatic nitrogens is 2. The molecular formula is C20H23N5O3S. The normalized spacial score (nSPS) is 10.3. The number of fused-ring (bicyclic) bond motifs is 1. The van der Waals surface area contributed by atoms with Crippen LogP contribution in [0.4, 0.5) is 0 Å². The molecule has 0 aliphatic carbocycles. The number of ether oxygens (including phenoxy) is 1. The number of nitrogens with zero attached hydrogens (tertiary/aromatic N) is 5. The molecule has 1 heterocycles. The first-order chi connectivity index (χ1) is 14.0. The molecular weight excluding hydrogens is 390 g/mol. The summed E-state index contributed by atoms with van der Waals surface area (Å²) in [5.41, 5.74) is 1.98. The van der Waals surface area contributed by atoms with Gasteiger partial charge in [-0.1, -0.05) is 11.8 Å². The minimum Gasteiger partial charge on any atom is -0.462 e. The van der Waals surface area contributed by atoms with Gasteiger partial charge in [0.2, 0.25) is 5.91 Å². The zero-order valence-electron chi connectivity index (χ0n) is 16.6. The highest BCUT2D eigenvalue weighted by Gasteiger charge is 2.17. The van der Waals surface area contributed by atoms with E-state index in [-0.39, 0.29) is 24.5 Å². The number of benzene rings is 1. The minimum atomic E-state index is -0.393. The predicted octanol–water partition coefficient (Wildman–Crippen LogP) is 2.98. The third kappa shape index (κ3) is 5.72. The second kappa shape index (κ2) is 11.1. The molecule has 0 fully saturated rings. The molecule has 1 aromatic carbocycles. The molecule has 0 radical (unpaired) electrons. The number of esters is 1. The molecule has 0 saturated heterocycles. The number of imidazole rings is 1. The standard InChI is InChI=1S/C20H23N5O3S/c1-3-25-17-8-7-15(19(27)28-4-2)13-16(17)23-20(25)29-14-18(26)24(11-5-9-21)12-6-10-22/h7-8,13H,3-6,11-12,14H2,1-2H3. The van der Waals surface area contributed by atoms with E-state index < -0.39 is 5.97 Å². The van der Waals surface area contributed by atoms with Crippen molar-refractivity contribution < 1.29 is 14.3 Å². The van der Waals surface area contributed by atoms with Crippen molar-refractivity contribution in [2.24, 2.45) is 0 Å². The fourth-order valence-corrected chi connectivity index (χ4v) is 3.79. The molecule has 2 rings (SSSR count). The third-order valence-electron chi connectivity index (χ3n) is 4.21. The summed E-state index contributed by atoms with van der Waals surface area (Å²) in [5, 5.41) is 18.2. The number of rotatable bonds is 10. The zero-order valence-corrected chi connectivity index (χ0v) is 17.4. The lowest BCUT2D eigenvalue weighted by molar-refractivity contribution is -0.128. The first kappa shape index (κ1) is 22.3. The molecule has 0 unspecified atom stereocenters. The van der Waals surface area contributed by atoms with Crippen LogP contribution in [0, 0.1) is 22.7 Å². The van der Waals surface area contributed by atoms with E-state index in [1.165, 1.54) is 16.7 Å². The van der Waals surface area contributed by atoms with Crippen LogP contribution in [0.15, 0.2) is 23.4 Å². The van der Waals surface area contributed by atoms with Gasteiger partial charge in [-0.2, -0.15) is 10.5 Å². The first-order valence-electron chi connectivity index (χ1n) is 9.37. The van der Waals surface area contributed by atoms with Crippen molar-refractivity contribution in [3.63, 3.8) is 0 Å². The van der Waals surface area contributed by atoms with Crippen LogP contribution < -0.4 is 0 Å². The Labute approximate surface area is 174 Å². The second-order valence-electron chi connectivity index (χ2n) is 6.05. The summed E-state index contributed by atoms with van der Waals surface area (Å²) in [6.45, 7) is 5.33. The summed E-state index contributed by atoms with van der Waals surface area (Å²) in [7, 11) is 0. The van der Waals surface area contributed by atoms with Crippen LogP contribution >= 0.6 is 11.8 Å². The maximum atomic E-state index is 12.5. The van der Waals surface area contributed by atoms with E-state index in [1.807, 2.05) is 29.7 Å². The molecule has 152 valence electrons. The van der Waals surface area contributed by atoms with Crippen molar-refractivity contribution in [1.29, 1.82) is 10.5 Å². The largest absolute Gasteiger partial charge is 0.462 e. The van der Waals surface area contributed by atoms with E-state index >= 15 is 0 Å². The maximum Gasteiger partial charge on any atom is 0.338 e. The average molecular weight is 414 g/mol. The Bertz CT molecular complexity index is 939. The molecule has 29 heavy (non-hydrogen) atoms. The van der Waals surface area contributed by atoms with Gasteiger partial charge in [-0.05, 0) is 32.0 Å². The van der Waals surface area contributed by atoms with Gasteiger partial charge in [0.1, 0.15) is 0 Å². The van der Waals surface area contributed by atoms with Gasteiger partial charge in [0.15, 0.2) is 5.16 Å². The van der Waals surface area contributed by atoms with Gasteiger partial charge in [-0.25, -0.2) is 9.78 Å². The molecule has 1 amide bonds. The fourth-order valence-electron chi connectivity index (χ4n) is 2.81. The van der Waals surface area contributed by atoms with Crippen molar-refractivity contribution in [2.75, 3.05) is 25.4 Å². The van der Waals surface area contributed by atoms with Crippen LogP contribution in [0.25, 0.3) is 11.0 Å². The van der Waals surface area contributed by atoms with Crippen LogP contribution in [0.5, 0.6) is 0 Å². The third-order valence-corrected chi connectivity index (χ3v) is 5.17. The van der Waals surface area contributed by atoms with Crippen LogP contribution in [-0.4, -0.2) is 51.8 Å². The van der Waals surface area contributed by atoms with Gasteiger partial charge >= 0.3 is 5.97 Å². The van der Waals surface area contributed by atoms with E-state index in [0.29, 0.717) is 42.5 Å². The number of aryl methyl sites for hydroxylation is 1. The highest BCUT2D eigenvalue weighted by molar-refractivity contribution is 7.99. The van der Waals surface area contributed by atoms with Crippen molar-refractivity contribution in [1.82, 2.24) is 14.5 Å². The number of amides is 1. The molecule has 2 aromatic rings. The molecule has 0 N–H and O–H groups in total. The molecule has 0 aliphatic rings. The summed E-state index contributed by atoms with van der Waals surface area (Å²) < 4.78 is 7.02. The molecule has 0 saturated carbocycles. The predicted molar refractivity (Wildman–Crippen MR) is 109 cm³/mol. The number of hydrogen-bond acceptors (Lipinski definition) is 7. The van der Waals surface area contributed by atoms with Gasteiger partial charge in [-0.15, -0.1) is 0 Å². The van der Waals surface area contributed by atoms with Crippen LogP contribution in [-0.2, 0) is 16.1 Å². The highest BCUT2D eigenvalue weighted by Crippen LogP contribution is 2.25. The lowest BCUT2D eigenvalue weighted by Crippen LogP contribution is -2.34. The SMILES string of the molecule is CCOC(=O)c1ccc2c(c1)nc(SCC(=O)N(CCC#N)CCC#N)n2CC. The summed E-state index contributed by atoms with van der Waals surface area (Å²) in [6, 6.07) is 9.28. The number of carbonyl (C=O) groups excluding carboxylic acids is 2. The van der Waals surface area contributed by atoms with Crippen molar-refractivity contribution in [3.05, 3.63) is 23.8 Å². The molecule has 9 heteroatoms. The van der Waals surface area contributed by atoms with Gasteiger partial charge in [0.25, 0.3) is 0 Å². The maximum absolute atomic E-state index is 12.5. The molecule has 0 aliphatic heterocycles. The van der Waals surface area contributed by atoms with Gasteiger partial charge in [0.05, 0.1) is 53.9 Å². The minimum absolute atomic E-state index is 0.137. The topological polar surface area (TPSA) is 112 Å². The number of carbonyl (C=O) groups is 2. The van der Waals surface area contributed by atoms with Gasteiger partial charge < -0.3 is 14.2 Å². The average Bonchev–Trinajstić information content (AvgIpc) is 3.08. The van der Waals surface area contributed by atoms with Gasteiger partial charge in [0, 0.05) is 19.6 Å². The Hall–Kier alpha value is -3.04. The molecule has 0 bridgehead atoms. The van der Waals surface area contributed by atoms with E-state index in [2.05, 4.69) is 4.98 Å². The van der Waals surface area contributed by atoms with E-state index in [9.17, 15) is 9.59 Å². The number of thioether (sulfide) groups is 1. The van der Waals surface area contributed by atoms with Crippen molar-refractivity contribution in [3.8, 4) is 12.1 Å². The lowest BCUT2D eigenvalue weighted by Gasteiger charge is -2.20. The van der Waals surface area contributed by atoms with Crippen molar-refractivity contribution in [2.45, 2.75) is 38.4 Å². The highest BCUT2D eigenvalue weighted by atomic mass is 32.2. The van der Waals surface area contributed by atoms with Crippen LogP contribution in [0.3, 0.4) is 0 Å². The summed E-state index contributed by atoms with van der Waals surface area (Å²) >= 11 is 1.30. The second-order valence-corrected chi connectivity index (χ2v) is 6.99. The smallest absolute Gasteiger partial charge is 0.338 e. The Morgan fingerprint density at radius 2 is 1.90 bits per heavy atom. The fraction of sp³-hybridized carbons (Fsp3) is 0.450. The summed E-state index contributed by atoms with van der Waals surface area (Å²) in [6.07, 6.45) is 0.456. The van der Waals surface area contributed by atoms with Gasteiger partial charge in [-0.3, -0.25) is 4.79 Å². The molecule has 0 spiro atoms. The first-order valence-corrected chi connectivity index (χ1v) is 10.4. The zero-order chi connectivity index (χ0) is 21.2. The number of nitriles is 2. The molecule has 8 nitrogen and oxygen atoms in total. The quantitative estimate of drug-likeness (QED) is 0.435. The molecule has 1 aromatic heterocycles. The summed E-state index contributed by atoms with van der Waals surface area (Å²) in [5.74, 6) is -0.372. The Morgan fingerprint density at radius 3 is 2.48 bits per heavy atom. The number of hydrogen-bond donors (Lipinski definition) is 0. The van der Waals surface area contributed by atoms with Crippen molar-refractivity contribution >= 4 is 34.7 Å². The monoisotopic (exact) mass is 413 g/mol.